The number of amides is 1. The Balaban J connectivity index is 1.59. The Labute approximate surface area is 142 Å². The molecule has 128 valence electrons. The van der Waals surface area contributed by atoms with Gasteiger partial charge in [0.15, 0.2) is 5.82 Å². The lowest BCUT2D eigenvalue weighted by atomic mass is 10.2. The zero-order valence-electron chi connectivity index (χ0n) is 14.4. The van der Waals surface area contributed by atoms with Crippen molar-refractivity contribution in [1.82, 2.24) is 25.0 Å². The van der Waals surface area contributed by atoms with Crippen LogP contribution in [-0.4, -0.2) is 70.7 Å². The molecule has 7 heteroatoms. The summed E-state index contributed by atoms with van der Waals surface area (Å²) in [5.41, 5.74) is 1.65. The largest absolute Gasteiger partial charge is 0.325 e. The van der Waals surface area contributed by atoms with E-state index < -0.39 is 0 Å². The molecule has 1 atom stereocenters. The fraction of sp³-hybridized carbons (Fsp3) is 0.471. The van der Waals surface area contributed by atoms with Crippen LogP contribution in [0.4, 0.5) is 5.69 Å². The molecule has 1 aromatic carbocycles. The number of hydrogen-bond donors (Lipinski definition) is 2. The first kappa shape index (κ1) is 16.6. The highest BCUT2D eigenvalue weighted by molar-refractivity contribution is 5.92. The van der Waals surface area contributed by atoms with Gasteiger partial charge < -0.3 is 10.2 Å². The van der Waals surface area contributed by atoms with E-state index in [4.69, 9.17) is 0 Å². The molecule has 1 fully saturated rings. The summed E-state index contributed by atoms with van der Waals surface area (Å²) in [6, 6.07) is 8.14. The minimum atomic E-state index is 0.0118. The van der Waals surface area contributed by atoms with Crippen molar-refractivity contribution < 1.29 is 4.79 Å². The van der Waals surface area contributed by atoms with Gasteiger partial charge in [-0.3, -0.25) is 14.8 Å². The molecular weight excluding hydrogens is 304 g/mol. The number of aryl methyl sites for hydroxylation is 1. The SMILES string of the molecule is Cc1nc(-c2cccc(NC(=O)CN3CCC(N(C)C)C3)c2)n[nH]1. The number of nitrogens with one attached hydrogen (secondary N) is 2. The topological polar surface area (TPSA) is 77.2 Å². The monoisotopic (exact) mass is 328 g/mol. The predicted octanol–water partition coefficient (Wildman–Crippen LogP) is 1.35. The normalized spacial score (nSPS) is 18.2. The van der Waals surface area contributed by atoms with Crippen LogP contribution in [0.15, 0.2) is 24.3 Å². The first-order valence-electron chi connectivity index (χ1n) is 8.19. The first-order chi connectivity index (χ1) is 11.5. The molecule has 2 N–H and O–H groups in total. The van der Waals surface area contributed by atoms with Crippen LogP contribution in [0.5, 0.6) is 0 Å². The number of carbonyl (C=O) groups excluding carboxylic acids is 1. The van der Waals surface area contributed by atoms with Crippen LogP contribution in [0.2, 0.25) is 0 Å². The molecule has 1 aliphatic rings. The zero-order chi connectivity index (χ0) is 17.1. The van der Waals surface area contributed by atoms with Crippen LogP contribution >= 0.6 is 0 Å². The lowest BCUT2D eigenvalue weighted by Gasteiger charge is -2.20. The molecule has 1 aliphatic heterocycles. The van der Waals surface area contributed by atoms with Crippen LogP contribution in [0, 0.1) is 6.92 Å². The second kappa shape index (κ2) is 7.11. The Morgan fingerprint density at radius 3 is 2.96 bits per heavy atom. The smallest absolute Gasteiger partial charge is 0.238 e. The maximum Gasteiger partial charge on any atom is 0.238 e. The van der Waals surface area contributed by atoms with E-state index in [-0.39, 0.29) is 5.91 Å². The molecule has 7 nitrogen and oxygen atoms in total. The molecule has 2 aromatic rings. The summed E-state index contributed by atoms with van der Waals surface area (Å²) >= 11 is 0. The quantitative estimate of drug-likeness (QED) is 0.866. The first-order valence-corrected chi connectivity index (χ1v) is 8.19. The molecule has 1 saturated heterocycles. The van der Waals surface area contributed by atoms with E-state index >= 15 is 0 Å². The Morgan fingerprint density at radius 1 is 1.46 bits per heavy atom. The molecule has 0 spiro atoms. The van der Waals surface area contributed by atoms with Gasteiger partial charge in [0, 0.05) is 30.4 Å². The standard InChI is InChI=1S/C17H24N6O/c1-12-18-17(21-20-12)13-5-4-6-14(9-13)19-16(24)11-23-8-7-15(10-23)22(2)3/h4-6,9,15H,7-8,10-11H2,1-3H3,(H,19,24)(H,18,20,21). The van der Waals surface area contributed by atoms with E-state index in [1.807, 2.05) is 31.2 Å². The number of aromatic amines is 1. The van der Waals surface area contributed by atoms with Crippen molar-refractivity contribution in [2.75, 3.05) is 39.0 Å². The molecule has 24 heavy (non-hydrogen) atoms. The van der Waals surface area contributed by atoms with E-state index in [2.05, 4.69) is 44.4 Å². The van der Waals surface area contributed by atoms with Crippen LogP contribution in [0.25, 0.3) is 11.4 Å². The third kappa shape index (κ3) is 3.98. The van der Waals surface area contributed by atoms with E-state index in [0.717, 1.165) is 36.6 Å². The molecule has 1 aromatic heterocycles. The van der Waals surface area contributed by atoms with E-state index in [0.29, 0.717) is 18.4 Å². The van der Waals surface area contributed by atoms with Gasteiger partial charge in [0.2, 0.25) is 5.91 Å². The van der Waals surface area contributed by atoms with Crippen molar-refractivity contribution in [2.24, 2.45) is 0 Å². The summed E-state index contributed by atoms with van der Waals surface area (Å²) < 4.78 is 0. The van der Waals surface area contributed by atoms with Gasteiger partial charge in [-0.05, 0) is 39.6 Å². The third-order valence-electron chi connectivity index (χ3n) is 4.35. The molecular formula is C17H24N6O. The van der Waals surface area contributed by atoms with Crippen molar-refractivity contribution in [3.05, 3.63) is 30.1 Å². The summed E-state index contributed by atoms with van der Waals surface area (Å²) in [6.07, 6.45) is 1.11. The summed E-state index contributed by atoms with van der Waals surface area (Å²) in [7, 11) is 4.18. The number of nitrogens with zero attached hydrogens (tertiary/aromatic N) is 4. The van der Waals surface area contributed by atoms with Gasteiger partial charge in [-0.2, -0.15) is 5.10 Å². The maximum atomic E-state index is 12.3. The van der Waals surface area contributed by atoms with Gasteiger partial charge in [-0.25, -0.2) is 4.98 Å². The summed E-state index contributed by atoms with van der Waals surface area (Å²) in [4.78, 5) is 21.0. The van der Waals surface area contributed by atoms with E-state index in [1.165, 1.54) is 0 Å². The lowest BCUT2D eigenvalue weighted by molar-refractivity contribution is -0.117. The second-order valence-corrected chi connectivity index (χ2v) is 6.51. The average Bonchev–Trinajstić information content (AvgIpc) is 3.16. The summed E-state index contributed by atoms with van der Waals surface area (Å²) in [5, 5.41) is 9.95. The number of rotatable bonds is 5. The minimum absolute atomic E-state index is 0.0118. The van der Waals surface area contributed by atoms with E-state index in [9.17, 15) is 4.79 Å². The number of likely N-dealkylation sites (N-methyl/N-ethyl adjacent to an activating group) is 1. The minimum Gasteiger partial charge on any atom is -0.325 e. The van der Waals surface area contributed by atoms with Gasteiger partial charge in [0.25, 0.3) is 0 Å². The molecule has 3 rings (SSSR count). The van der Waals surface area contributed by atoms with Crippen molar-refractivity contribution in [2.45, 2.75) is 19.4 Å². The van der Waals surface area contributed by atoms with Crippen LogP contribution in [0.1, 0.15) is 12.2 Å². The molecule has 0 saturated carbocycles. The number of H-pyrrole nitrogens is 1. The number of aromatic nitrogens is 3. The van der Waals surface area contributed by atoms with Crippen LogP contribution < -0.4 is 5.32 Å². The van der Waals surface area contributed by atoms with Gasteiger partial charge in [0.1, 0.15) is 5.82 Å². The molecule has 0 bridgehead atoms. The van der Waals surface area contributed by atoms with Crippen molar-refractivity contribution in [3.63, 3.8) is 0 Å². The van der Waals surface area contributed by atoms with Crippen LogP contribution in [0.3, 0.4) is 0 Å². The highest BCUT2D eigenvalue weighted by Gasteiger charge is 2.25. The molecule has 0 radical (unpaired) electrons. The Bertz CT molecular complexity index is 711. The molecule has 1 unspecified atom stereocenters. The number of anilines is 1. The van der Waals surface area contributed by atoms with Crippen LogP contribution in [-0.2, 0) is 4.79 Å². The Hall–Kier alpha value is -2.25. The number of likely N-dealkylation sites (tertiary alicyclic amines) is 1. The van der Waals surface area contributed by atoms with E-state index in [1.54, 1.807) is 0 Å². The zero-order valence-corrected chi connectivity index (χ0v) is 14.4. The third-order valence-corrected chi connectivity index (χ3v) is 4.35. The Morgan fingerprint density at radius 2 is 2.29 bits per heavy atom. The molecule has 2 heterocycles. The lowest BCUT2D eigenvalue weighted by Crippen LogP contribution is -2.35. The average molecular weight is 328 g/mol. The van der Waals surface area contributed by atoms with Gasteiger partial charge >= 0.3 is 0 Å². The molecule has 0 aliphatic carbocycles. The second-order valence-electron chi connectivity index (χ2n) is 6.51. The van der Waals surface area contributed by atoms with Crippen molar-refractivity contribution in [3.8, 4) is 11.4 Å². The Kier molecular flexibility index (Phi) is 4.92. The number of benzene rings is 1. The number of hydrogen-bond acceptors (Lipinski definition) is 5. The van der Waals surface area contributed by atoms with Gasteiger partial charge in [0.05, 0.1) is 6.54 Å². The van der Waals surface area contributed by atoms with Gasteiger partial charge in [-0.1, -0.05) is 12.1 Å². The van der Waals surface area contributed by atoms with Crippen molar-refractivity contribution in [1.29, 1.82) is 0 Å². The highest BCUT2D eigenvalue weighted by atomic mass is 16.2. The van der Waals surface area contributed by atoms with Gasteiger partial charge in [-0.15, -0.1) is 0 Å². The molecule has 1 amide bonds. The number of carbonyl (C=O) groups is 1. The fourth-order valence-corrected chi connectivity index (χ4v) is 2.99. The summed E-state index contributed by atoms with van der Waals surface area (Å²) in [5.74, 6) is 1.42. The summed E-state index contributed by atoms with van der Waals surface area (Å²) in [6.45, 7) is 4.19. The highest BCUT2D eigenvalue weighted by Crippen LogP contribution is 2.19. The maximum absolute atomic E-state index is 12.3. The van der Waals surface area contributed by atoms with Crippen molar-refractivity contribution >= 4 is 11.6 Å². The fourth-order valence-electron chi connectivity index (χ4n) is 2.99. The predicted molar refractivity (Wildman–Crippen MR) is 93.7 cm³/mol.